The molecule has 3 aromatic rings. The highest BCUT2D eigenvalue weighted by Crippen LogP contribution is 2.16. The molecule has 7 heteroatoms. The van der Waals surface area contributed by atoms with Gasteiger partial charge in [0, 0.05) is 18.0 Å². The molecule has 0 bridgehead atoms. The third-order valence-corrected chi connectivity index (χ3v) is 2.99. The number of nitrogens with one attached hydrogen (secondary N) is 1. The molecule has 1 amide bonds. The van der Waals surface area contributed by atoms with Gasteiger partial charge in [-0.1, -0.05) is 16.8 Å². The Balaban J connectivity index is 1.74. The van der Waals surface area contributed by atoms with Crippen molar-refractivity contribution in [1.82, 2.24) is 14.9 Å². The van der Waals surface area contributed by atoms with Crippen LogP contribution in [-0.2, 0) is 0 Å². The molecular formula is C14H11ClN4O2. The maximum absolute atomic E-state index is 11.9. The van der Waals surface area contributed by atoms with Gasteiger partial charge in [-0.15, -0.1) is 0 Å². The van der Waals surface area contributed by atoms with E-state index in [1.54, 1.807) is 42.2 Å². The second-order valence-corrected chi connectivity index (χ2v) is 4.87. The normalized spacial score (nSPS) is 10.6. The summed E-state index contributed by atoms with van der Waals surface area (Å²) in [4.78, 5) is 11.9. The van der Waals surface area contributed by atoms with Crippen molar-refractivity contribution in [2.24, 2.45) is 0 Å². The standard InChI is InChI=1S/C14H11ClN4O2/c1-9-6-13(21-18-9)14(20)17-11-2-4-12(5-3-11)19-8-10(15)7-16-19/h2-8H,1H3,(H,17,20). The highest BCUT2D eigenvalue weighted by atomic mass is 35.5. The molecule has 0 atom stereocenters. The van der Waals surface area contributed by atoms with Crippen molar-refractivity contribution in [2.45, 2.75) is 6.92 Å². The van der Waals surface area contributed by atoms with Crippen LogP contribution >= 0.6 is 11.6 Å². The van der Waals surface area contributed by atoms with Crippen molar-refractivity contribution in [1.29, 1.82) is 0 Å². The molecule has 0 fully saturated rings. The van der Waals surface area contributed by atoms with Crippen LogP contribution in [-0.4, -0.2) is 20.8 Å². The van der Waals surface area contributed by atoms with Gasteiger partial charge in [0.05, 0.1) is 22.6 Å². The molecule has 6 nitrogen and oxygen atoms in total. The van der Waals surface area contributed by atoms with Crippen molar-refractivity contribution in [2.75, 3.05) is 5.32 Å². The van der Waals surface area contributed by atoms with E-state index in [1.165, 1.54) is 0 Å². The first-order valence-corrected chi connectivity index (χ1v) is 6.55. The fourth-order valence-corrected chi connectivity index (χ4v) is 1.94. The molecule has 0 aliphatic rings. The Hall–Kier alpha value is -2.60. The monoisotopic (exact) mass is 302 g/mol. The van der Waals surface area contributed by atoms with Crippen molar-refractivity contribution in [3.63, 3.8) is 0 Å². The van der Waals surface area contributed by atoms with Gasteiger partial charge in [0.15, 0.2) is 0 Å². The number of nitrogens with zero attached hydrogens (tertiary/aromatic N) is 3. The summed E-state index contributed by atoms with van der Waals surface area (Å²) >= 11 is 5.82. The molecule has 0 saturated carbocycles. The van der Waals surface area contributed by atoms with Crippen LogP contribution in [0.1, 0.15) is 16.2 Å². The van der Waals surface area contributed by atoms with E-state index < -0.39 is 0 Å². The van der Waals surface area contributed by atoms with Crippen LogP contribution in [0.4, 0.5) is 5.69 Å². The average molecular weight is 303 g/mol. The molecule has 2 aromatic heterocycles. The molecule has 1 N–H and O–H groups in total. The number of carbonyl (C=O) groups is 1. The number of anilines is 1. The minimum atomic E-state index is -0.342. The molecular weight excluding hydrogens is 292 g/mol. The Morgan fingerprint density at radius 1 is 1.33 bits per heavy atom. The van der Waals surface area contributed by atoms with Gasteiger partial charge in [-0.05, 0) is 31.2 Å². The minimum Gasteiger partial charge on any atom is -0.351 e. The zero-order chi connectivity index (χ0) is 14.8. The Labute approximate surface area is 125 Å². The first-order chi connectivity index (χ1) is 10.1. The molecule has 0 saturated heterocycles. The van der Waals surface area contributed by atoms with Crippen LogP contribution in [0, 0.1) is 6.92 Å². The van der Waals surface area contributed by atoms with Crippen molar-refractivity contribution >= 4 is 23.2 Å². The minimum absolute atomic E-state index is 0.176. The zero-order valence-corrected chi connectivity index (χ0v) is 11.8. The maximum atomic E-state index is 11.9. The summed E-state index contributed by atoms with van der Waals surface area (Å²) < 4.78 is 6.55. The van der Waals surface area contributed by atoms with E-state index in [9.17, 15) is 4.79 Å². The lowest BCUT2D eigenvalue weighted by Gasteiger charge is -2.05. The maximum Gasteiger partial charge on any atom is 0.294 e. The summed E-state index contributed by atoms with van der Waals surface area (Å²) in [6, 6.07) is 8.77. The molecule has 3 rings (SSSR count). The number of halogens is 1. The molecule has 0 aliphatic heterocycles. The van der Waals surface area contributed by atoms with Crippen LogP contribution in [0.3, 0.4) is 0 Å². The van der Waals surface area contributed by atoms with E-state index in [2.05, 4.69) is 15.6 Å². The zero-order valence-electron chi connectivity index (χ0n) is 11.1. The smallest absolute Gasteiger partial charge is 0.294 e. The third-order valence-electron chi connectivity index (χ3n) is 2.79. The summed E-state index contributed by atoms with van der Waals surface area (Å²) in [6.45, 7) is 1.75. The molecule has 0 unspecified atom stereocenters. The lowest BCUT2D eigenvalue weighted by molar-refractivity contribution is 0.0988. The van der Waals surface area contributed by atoms with Gasteiger partial charge in [-0.2, -0.15) is 5.10 Å². The molecule has 0 radical (unpaired) electrons. The number of amides is 1. The van der Waals surface area contributed by atoms with Gasteiger partial charge in [0.2, 0.25) is 5.76 Å². The molecule has 0 spiro atoms. The third kappa shape index (κ3) is 2.95. The Kier molecular flexibility index (Phi) is 3.45. The van der Waals surface area contributed by atoms with Gasteiger partial charge in [0.25, 0.3) is 5.91 Å². The predicted molar refractivity (Wildman–Crippen MR) is 77.8 cm³/mol. The van der Waals surface area contributed by atoms with Gasteiger partial charge in [-0.25, -0.2) is 4.68 Å². The molecule has 2 heterocycles. The Morgan fingerprint density at radius 3 is 2.67 bits per heavy atom. The first kappa shape index (κ1) is 13.4. The van der Waals surface area contributed by atoms with Gasteiger partial charge in [0.1, 0.15) is 0 Å². The number of rotatable bonds is 3. The van der Waals surface area contributed by atoms with Gasteiger partial charge >= 0.3 is 0 Å². The SMILES string of the molecule is Cc1cc(C(=O)Nc2ccc(-n3cc(Cl)cn3)cc2)on1. The summed E-state index contributed by atoms with van der Waals surface area (Å²) in [7, 11) is 0. The first-order valence-electron chi connectivity index (χ1n) is 6.17. The largest absolute Gasteiger partial charge is 0.351 e. The van der Waals surface area contributed by atoms with E-state index in [0.29, 0.717) is 16.4 Å². The van der Waals surface area contributed by atoms with E-state index >= 15 is 0 Å². The van der Waals surface area contributed by atoms with Crippen LogP contribution in [0.25, 0.3) is 5.69 Å². The summed E-state index contributed by atoms with van der Waals surface area (Å²) in [5.74, 6) is -0.166. The predicted octanol–water partition coefficient (Wildman–Crippen LogP) is 3.07. The van der Waals surface area contributed by atoms with E-state index in [-0.39, 0.29) is 11.7 Å². The van der Waals surface area contributed by atoms with E-state index in [1.807, 2.05) is 12.1 Å². The van der Waals surface area contributed by atoms with Crippen LogP contribution in [0.2, 0.25) is 5.02 Å². The second-order valence-electron chi connectivity index (χ2n) is 4.44. The highest BCUT2D eigenvalue weighted by molar-refractivity contribution is 6.30. The topological polar surface area (TPSA) is 73.0 Å². The lowest BCUT2D eigenvalue weighted by Crippen LogP contribution is -2.10. The number of hydrogen-bond acceptors (Lipinski definition) is 4. The van der Waals surface area contributed by atoms with Crippen molar-refractivity contribution < 1.29 is 9.32 Å². The molecule has 106 valence electrons. The lowest BCUT2D eigenvalue weighted by atomic mass is 10.2. The van der Waals surface area contributed by atoms with E-state index in [4.69, 9.17) is 16.1 Å². The van der Waals surface area contributed by atoms with Gasteiger partial charge < -0.3 is 9.84 Å². The highest BCUT2D eigenvalue weighted by Gasteiger charge is 2.11. The summed E-state index contributed by atoms with van der Waals surface area (Å²) in [5, 5.41) is 11.1. The fourth-order valence-electron chi connectivity index (χ4n) is 1.80. The van der Waals surface area contributed by atoms with Crippen LogP contribution in [0.5, 0.6) is 0 Å². The number of hydrogen-bond donors (Lipinski definition) is 1. The molecule has 1 aromatic carbocycles. The summed E-state index contributed by atoms with van der Waals surface area (Å²) in [5.41, 5.74) is 2.15. The molecule has 21 heavy (non-hydrogen) atoms. The second kappa shape index (κ2) is 5.41. The van der Waals surface area contributed by atoms with Crippen LogP contribution in [0.15, 0.2) is 47.2 Å². The quantitative estimate of drug-likeness (QED) is 0.807. The van der Waals surface area contributed by atoms with Crippen molar-refractivity contribution in [3.8, 4) is 5.69 Å². The summed E-state index contributed by atoms with van der Waals surface area (Å²) in [6.07, 6.45) is 3.26. The van der Waals surface area contributed by atoms with E-state index in [0.717, 1.165) is 5.69 Å². The number of benzene rings is 1. The Bertz CT molecular complexity index is 776. The number of aromatic nitrogens is 3. The fraction of sp³-hybridized carbons (Fsp3) is 0.0714. The Morgan fingerprint density at radius 2 is 2.10 bits per heavy atom. The van der Waals surface area contributed by atoms with Crippen molar-refractivity contribution in [3.05, 3.63) is 59.2 Å². The van der Waals surface area contributed by atoms with Crippen LogP contribution < -0.4 is 5.32 Å². The average Bonchev–Trinajstić information content (AvgIpc) is 3.08. The number of carbonyl (C=O) groups excluding carboxylic acids is 1. The van der Waals surface area contributed by atoms with Gasteiger partial charge in [-0.3, -0.25) is 4.79 Å². The molecule has 0 aliphatic carbocycles. The number of aryl methyl sites for hydroxylation is 1.